The number of hydrogen-bond acceptors (Lipinski definition) is 4. The van der Waals surface area contributed by atoms with Crippen molar-refractivity contribution in [2.45, 2.75) is 31.3 Å². The van der Waals surface area contributed by atoms with E-state index < -0.39 is 17.2 Å². The topological polar surface area (TPSA) is 61.8 Å². The van der Waals surface area contributed by atoms with Gasteiger partial charge in [-0.25, -0.2) is 8.78 Å². The van der Waals surface area contributed by atoms with Crippen molar-refractivity contribution in [2.75, 3.05) is 29.9 Å². The van der Waals surface area contributed by atoms with Crippen molar-refractivity contribution >= 4 is 40.5 Å². The summed E-state index contributed by atoms with van der Waals surface area (Å²) < 4.78 is 34.2. The molecular formula is C21H20Cl2F2N2O3. The number of benzene rings is 2. The quantitative estimate of drug-likeness (QED) is 0.707. The average molecular weight is 457 g/mol. The molecule has 0 unspecified atom stereocenters. The maximum absolute atomic E-state index is 14.3. The summed E-state index contributed by atoms with van der Waals surface area (Å²) in [7, 11) is 0. The van der Waals surface area contributed by atoms with Crippen molar-refractivity contribution in [1.29, 1.82) is 0 Å². The first kappa shape index (κ1) is 21.2. The number of amides is 1. The molecule has 1 saturated heterocycles. The second-order valence-electron chi connectivity index (χ2n) is 7.67. The Labute approximate surface area is 182 Å². The minimum atomic E-state index is -1.12. The summed E-state index contributed by atoms with van der Waals surface area (Å²) in [5, 5.41) is 13.9. The van der Waals surface area contributed by atoms with Crippen LogP contribution >= 0.6 is 23.2 Å². The van der Waals surface area contributed by atoms with Gasteiger partial charge in [0.2, 0.25) is 5.91 Å². The lowest BCUT2D eigenvalue weighted by Gasteiger charge is -2.39. The molecule has 2 heterocycles. The molecular weight excluding hydrogens is 437 g/mol. The van der Waals surface area contributed by atoms with Crippen LogP contribution in [0.15, 0.2) is 24.3 Å². The van der Waals surface area contributed by atoms with E-state index in [0.29, 0.717) is 43.7 Å². The van der Waals surface area contributed by atoms with E-state index in [1.807, 2.05) is 0 Å². The standard InChI is InChI=1S/C21H20Cl2F2N2O3/c22-12-9-14(23)20(16(25)10-12)27-7-5-21(29,6-8-27)11-30-17-3-2-15(24)19-13(17)1-4-18(28)26-19/h2-3,9-10,29H,1,4-8,11H2,(H,26,28). The van der Waals surface area contributed by atoms with Gasteiger partial charge in [-0.2, -0.15) is 0 Å². The minimum Gasteiger partial charge on any atom is -0.490 e. The first-order chi connectivity index (χ1) is 14.3. The summed E-state index contributed by atoms with van der Waals surface area (Å²) in [5.74, 6) is -0.819. The molecule has 2 aliphatic heterocycles. The molecule has 0 radical (unpaired) electrons. The smallest absolute Gasteiger partial charge is 0.224 e. The normalized spacial score (nSPS) is 18.0. The summed E-state index contributed by atoms with van der Waals surface area (Å²) in [6.45, 7) is 0.773. The monoisotopic (exact) mass is 456 g/mol. The van der Waals surface area contributed by atoms with Crippen LogP contribution in [0.3, 0.4) is 0 Å². The second kappa shape index (κ2) is 8.21. The van der Waals surface area contributed by atoms with Crippen molar-refractivity contribution in [3.63, 3.8) is 0 Å². The zero-order valence-corrected chi connectivity index (χ0v) is 17.5. The number of ether oxygens (including phenoxy) is 1. The van der Waals surface area contributed by atoms with Gasteiger partial charge >= 0.3 is 0 Å². The molecule has 2 aromatic carbocycles. The van der Waals surface area contributed by atoms with Crippen LogP contribution in [0.5, 0.6) is 5.75 Å². The van der Waals surface area contributed by atoms with Gasteiger partial charge in [0.15, 0.2) is 0 Å². The van der Waals surface area contributed by atoms with Gasteiger partial charge < -0.3 is 20.1 Å². The molecule has 0 aliphatic carbocycles. The third-order valence-corrected chi connectivity index (χ3v) is 6.08. The summed E-state index contributed by atoms with van der Waals surface area (Å²) >= 11 is 12.0. The number of nitrogens with zero attached hydrogens (tertiary/aromatic N) is 1. The van der Waals surface area contributed by atoms with Gasteiger partial charge in [-0.1, -0.05) is 23.2 Å². The molecule has 2 aromatic rings. The minimum absolute atomic E-state index is 0.00366. The van der Waals surface area contributed by atoms with Crippen LogP contribution in [0.4, 0.5) is 20.2 Å². The molecule has 5 nitrogen and oxygen atoms in total. The first-order valence-corrected chi connectivity index (χ1v) is 10.4. The van der Waals surface area contributed by atoms with Gasteiger partial charge in [-0.15, -0.1) is 0 Å². The van der Waals surface area contributed by atoms with Crippen LogP contribution in [0, 0.1) is 11.6 Å². The highest BCUT2D eigenvalue weighted by Gasteiger charge is 2.35. The lowest BCUT2D eigenvalue weighted by atomic mass is 9.92. The van der Waals surface area contributed by atoms with E-state index >= 15 is 0 Å². The van der Waals surface area contributed by atoms with Crippen molar-refractivity contribution < 1.29 is 23.4 Å². The molecule has 0 spiro atoms. The SMILES string of the molecule is O=C1CCc2c(OCC3(O)CCN(c4c(F)cc(Cl)cc4Cl)CC3)ccc(F)c2N1. The molecule has 1 fully saturated rings. The van der Waals surface area contributed by atoms with Gasteiger partial charge in [-0.3, -0.25) is 4.79 Å². The maximum atomic E-state index is 14.3. The summed E-state index contributed by atoms with van der Waals surface area (Å²) in [6.07, 6.45) is 1.30. The van der Waals surface area contributed by atoms with Crippen LogP contribution in [0.2, 0.25) is 10.0 Å². The summed E-state index contributed by atoms with van der Waals surface area (Å²) in [4.78, 5) is 13.3. The Balaban J connectivity index is 1.43. The van der Waals surface area contributed by atoms with Gasteiger partial charge in [0.1, 0.15) is 29.6 Å². The Morgan fingerprint density at radius 3 is 2.57 bits per heavy atom. The lowest BCUT2D eigenvalue weighted by molar-refractivity contribution is -0.116. The van der Waals surface area contributed by atoms with E-state index in [-0.39, 0.29) is 40.4 Å². The highest BCUT2D eigenvalue weighted by atomic mass is 35.5. The first-order valence-electron chi connectivity index (χ1n) is 9.62. The van der Waals surface area contributed by atoms with Crippen LogP contribution in [-0.2, 0) is 11.2 Å². The largest absolute Gasteiger partial charge is 0.490 e. The van der Waals surface area contributed by atoms with Crippen LogP contribution in [0.1, 0.15) is 24.8 Å². The zero-order chi connectivity index (χ0) is 21.5. The fraction of sp³-hybridized carbons (Fsp3) is 0.381. The molecule has 0 aromatic heterocycles. The molecule has 2 N–H and O–H groups in total. The number of aliphatic hydroxyl groups is 1. The maximum Gasteiger partial charge on any atom is 0.224 e. The Bertz CT molecular complexity index is 971. The molecule has 160 valence electrons. The highest BCUT2D eigenvalue weighted by Crippen LogP contribution is 2.37. The summed E-state index contributed by atoms with van der Waals surface area (Å²) in [6, 6.07) is 5.44. The molecule has 0 saturated carbocycles. The fourth-order valence-corrected chi connectivity index (χ4v) is 4.49. The number of hydrogen-bond donors (Lipinski definition) is 2. The number of carbonyl (C=O) groups is 1. The summed E-state index contributed by atoms with van der Waals surface area (Å²) in [5.41, 5.74) is -0.123. The number of rotatable bonds is 4. The van der Waals surface area contributed by atoms with E-state index in [1.54, 1.807) is 4.90 Å². The molecule has 0 bridgehead atoms. The Kier molecular flexibility index (Phi) is 5.79. The Hall–Kier alpha value is -2.09. The third-order valence-electron chi connectivity index (χ3n) is 5.57. The molecule has 30 heavy (non-hydrogen) atoms. The van der Waals surface area contributed by atoms with E-state index in [1.165, 1.54) is 24.3 Å². The van der Waals surface area contributed by atoms with Gasteiger partial charge in [-0.05, 0) is 43.5 Å². The molecule has 0 atom stereocenters. The van der Waals surface area contributed by atoms with E-state index in [4.69, 9.17) is 27.9 Å². The van der Waals surface area contributed by atoms with Crippen molar-refractivity contribution in [2.24, 2.45) is 0 Å². The lowest BCUT2D eigenvalue weighted by Crippen LogP contribution is -2.48. The van der Waals surface area contributed by atoms with Crippen molar-refractivity contribution in [3.8, 4) is 5.75 Å². The van der Waals surface area contributed by atoms with Gasteiger partial charge in [0, 0.05) is 30.1 Å². The number of piperidine rings is 1. The predicted molar refractivity (Wildman–Crippen MR) is 112 cm³/mol. The Morgan fingerprint density at radius 1 is 1.13 bits per heavy atom. The number of anilines is 2. The van der Waals surface area contributed by atoms with E-state index in [9.17, 15) is 18.7 Å². The van der Waals surface area contributed by atoms with Gasteiger partial charge in [0.25, 0.3) is 0 Å². The van der Waals surface area contributed by atoms with E-state index in [2.05, 4.69) is 5.32 Å². The van der Waals surface area contributed by atoms with Crippen molar-refractivity contribution in [3.05, 3.63) is 51.5 Å². The van der Waals surface area contributed by atoms with Crippen LogP contribution in [-0.4, -0.2) is 36.3 Å². The molecule has 9 heteroatoms. The Morgan fingerprint density at radius 2 is 1.87 bits per heavy atom. The van der Waals surface area contributed by atoms with Crippen molar-refractivity contribution in [1.82, 2.24) is 0 Å². The number of halogens is 4. The molecule has 2 aliphatic rings. The molecule has 4 rings (SSSR count). The number of carbonyl (C=O) groups excluding carboxylic acids is 1. The van der Waals surface area contributed by atoms with Crippen LogP contribution in [0.25, 0.3) is 0 Å². The second-order valence-corrected chi connectivity index (χ2v) is 8.51. The third kappa shape index (κ3) is 4.19. The zero-order valence-electron chi connectivity index (χ0n) is 16.0. The fourth-order valence-electron chi connectivity index (χ4n) is 3.90. The highest BCUT2D eigenvalue weighted by molar-refractivity contribution is 6.36. The molecule has 1 amide bonds. The number of nitrogens with one attached hydrogen (secondary N) is 1. The van der Waals surface area contributed by atoms with Gasteiger partial charge in [0.05, 0.1) is 16.4 Å². The van der Waals surface area contributed by atoms with Crippen LogP contribution < -0.4 is 15.0 Å². The predicted octanol–water partition coefficient (Wildman–Crippen LogP) is 4.57. The van der Waals surface area contributed by atoms with E-state index in [0.717, 1.165) is 0 Å². The average Bonchev–Trinajstić information content (AvgIpc) is 2.69. The number of fused-ring (bicyclic) bond motifs is 1.